The minimum absolute atomic E-state index is 0.0910. The Morgan fingerprint density at radius 2 is 1.63 bits per heavy atom. The van der Waals surface area contributed by atoms with Gasteiger partial charge < -0.3 is 4.90 Å². The summed E-state index contributed by atoms with van der Waals surface area (Å²) in [5, 5.41) is 0. The average molecular weight is 391 g/mol. The molecule has 3 unspecified atom stereocenters. The van der Waals surface area contributed by atoms with Gasteiger partial charge in [-0.3, -0.25) is 9.59 Å². The van der Waals surface area contributed by atoms with Crippen molar-refractivity contribution in [1.29, 1.82) is 0 Å². The molecule has 1 heterocycles. The van der Waals surface area contributed by atoms with Crippen molar-refractivity contribution in [2.75, 3.05) is 26.2 Å². The molecule has 0 spiro atoms. The molecular formula is C20H26N2O4S. The third kappa shape index (κ3) is 3.43. The van der Waals surface area contributed by atoms with Crippen molar-refractivity contribution in [2.45, 2.75) is 37.5 Å². The highest BCUT2D eigenvalue weighted by atomic mass is 32.2. The molecule has 3 aliphatic rings. The van der Waals surface area contributed by atoms with Crippen molar-refractivity contribution in [2.24, 2.45) is 17.8 Å². The zero-order valence-electron chi connectivity index (χ0n) is 15.6. The minimum Gasteiger partial charge on any atom is -0.340 e. The molecule has 1 saturated heterocycles. The summed E-state index contributed by atoms with van der Waals surface area (Å²) in [6, 6.07) is 6.06. The summed E-state index contributed by atoms with van der Waals surface area (Å²) >= 11 is 0. The summed E-state index contributed by atoms with van der Waals surface area (Å²) < 4.78 is 27.1. The van der Waals surface area contributed by atoms with Crippen molar-refractivity contribution >= 4 is 21.7 Å². The van der Waals surface area contributed by atoms with Crippen molar-refractivity contribution in [1.82, 2.24) is 9.21 Å². The SMILES string of the molecule is CC(=O)c1ccc(S(=O)(=O)N2CCN(C(=O)C3CC4CCC3C4)CC2)cc1. The lowest BCUT2D eigenvalue weighted by Gasteiger charge is -2.36. The molecule has 6 nitrogen and oxygen atoms in total. The molecule has 3 fully saturated rings. The van der Waals surface area contributed by atoms with Gasteiger partial charge in [-0.15, -0.1) is 0 Å². The molecule has 2 saturated carbocycles. The van der Waals surface area contributed by atoms with Gasteiger partial charge in [0.1, 0.15) is 0 Å². The number of benzene rings is 1. The fraction of sp³-hybridized carbons (Fsp3) is 0.600. The van der Waals surface area contributed by atoms with Crippen LogP contribution in [0.2, 0.25) is 0 Å². The predicted molar refractivity (Wildman–Crippen MR) is 101 cm³/mol. The summed E-state index contributed by atoms with van der Waals surface area (Å²) in [4.78, 5) is 26.3. The largest absolute Gasteiger partial charge is 0.340 e. The van der Waals surface area contributed by atoms with Crippen molar-refractivity contribution < 1.29 is 18.0 Å². The molecule has 2 aliphatic carbocycles. The van der Waals surface area contributed by atoms with Gasteiger partial charge in [-0.1, -0.05) is 18.6 Å². The molecule has 1 aromatic carbocycles. The van der Waals surface area contributed by atoms with Crippen LogP contribution in [0.25, 0.3) is 0 Å². The Bertz CT molecular complexity index is 841. The third-order valence-electron chi connectivity index (χ3n) is 6.50. The molecule has 1 amide bonds. The first-order chi connectivity index (χ1) is 12.9. The lowest BCUT2D eigenvalue weighted by molar-refractivity contribution is -0.138. The van der Waals surface area contributed by atoms with Crippen molar-refractivity contribution in [3.63, 3.8) is 0 Å². The smallest absolute Gasteiger partial charge is 0.243 e. The number of carbonyl (C=O) groups excluding carboxylic acids is 2. The topological polar surface area (TPSA) is 74.8 Å². The number of sulfonamides is 1. The first-order valence-electron chi connectivity index (χ1n) is 9.76. The van der Waals surface area contributed by atoms with E-state index in [4.69, 9.17) is 0 Å². The van der Waals surface area contributed by atoms with E-state index in [1.165, 1.54) is 42.6 Å². The second kappa shape index (κ2) is 7.02. The van der Waals surface area contributed by atoms with E-state index >= 15 is 0 Å². The number of carbonyl (C=O) groups is 2. The van der Waals surface area contributed by atoms with Crippen LogP contribution >= 0.6 is 0 Å². The van der Waals surface area contributed by atoms with E-state index in [0.717, 1.165) is 12.3 Å². The van der Waals surface area contributed by atoms with E-state index < -0.39 is 10.0 Å². The molecule has 0 aromatic heterocycles. The molecule has 0 radical (unpaired) electrons. The summed E-state index contributed by atoms with van der Waals surface area (Å²) in [6.45, 7) is 3.01. The fourth-order valence-electron chi connectivity index (χ4n) is 4.94. The summed E-state index contributed by atoms with van der Waals surface area (Å²) in [5.74, 6) is 1.57. The van der Waals surface area contributed by atoms with Crippen LogP contribution in [-0.4, -0.2) is 55.5 Å². The third-order valence-corrected chi connectivity index (χ3v) is 8.42. The molecule has 7 heteroatoms. The Balaban J connectivity index is 1.39. The van der Waals surface area contributed by atoms with Crippen LogP contribution in [0.3, 0.4) is 0 Å². The van der Waals surface area contributed by atoms with Gasteiger partial charge in [0.15, 0.2) is 5.78 Å². The lowest BCUT2D eigenvalue weighted by atomic mass is 9.87. The van der Waals surface area contributed by atoms with Gasteiger partial charge in [0.25, 0.3) is 0 Å². The Hall–Kier alpha value is -1.73. The van der Waals surface area contributed by atoms with Gasteiger partial charge in [0.2, 0.25) is 15.9 Å². The fourth-order valence-corrected chi connectivity index (χ4v) is 6.36. The first-order valence-corrected chi connectivity index (χ1v) is 11.2. The normalized spacial score (nSPS) is 28.5. The average Bonchev–Trinajstić information content (AvgIpc) is 3.31. The summed E-state index contributed by atoms with van der Waals surface area (Å²) in [5.41, 5.74) is 0.496. The molecule has 4 rings (SSSR count). The van der Waals surface area contributed by atoms with E-state index in [2.05, 4.69) is 0 Å². The molecule has 1 aromatic rings. The van der Waals surface area contributed by atoms with E-state index in [9.17, 15) is 18.0 Å². The van der Waals surface area contributed by atoms with Crippen LogP contribution in [0.1, 0.15) is 43.0 Å². The summed E-state index contributed by atoms with van der Waals surface area (Å²) in [6.07, 6.45) is 4.65. The van der Waals surface area contributed by atoms with Gasteiger partial charge in [-0.25, -0.2) is 8.42 Å². The van der Waals surface area contributed by atoms with Gasteiger partial charge in [-0.2, -0.15) is 4.31 Å². The van der Waals surface area contributed by atoms with Crippen LogP contribution in [0.5, 0.6) is 0 Å². The van der Waals surface area contributed by atoms with Gasteiger partial charge in [0, 0.05) is 37.7 Å². The van der Waals surface area contributed by atoms with Crippen LogP contribution in [0, 0.1) is 17.8 Å². The number of hydrogen-bond acceptors (Lipinski definition) is 4. The zero-order valence-corrected chi connectivity index (χ0v) is 16.5. The Labute approximate surface area is 160 Å². The molecule has 27 heavy (non-hydrogen) atoms. The van der Waals surface area contributed by atoms with Gasteiger partial charge in [0.05, 0.1) is 4.90 Å². The maximum atomic E-state index is 12.8. The quantitative estimate of drug-likeness (QED) is 0.739. The highest BCUT2D eigenvalue weighted by Gasteiger charge is 2.45. The predicted octanol–water partition coefficient (Wildman–Crippen LogP) is 2.16. The van der Waals surface area contributed by atoms with Crippen molar-refractivity contribution in [3.05, 3.63) is 29.8 Å². The van der Waals surface area contributed by atoms with Crippen LogP contribution in [0.15, 0.2) is 29.2 Å². The maximum absolute atomic E-state index is 12.8. The van der Waals surface area contributed by atoms with E-state index in [0.29, 0.717) is 37.7 Å². The second-order valence-electron chi connectivity index (χ2n) is 8.09. The van der Waals surface area contributed by atoms with Crippen LogP contribution < -0.4 is 0 Å². The highest BCUT2D eigenvalue weighted by molar-refractivity contribution is 7.89. The number of amides is 1. The number of hydrogen-bond donors (Lipinski definition) is 0. The second-order valence-corrected chi connectivity index (χ2v) is 10.0. The molecule has 146 valence electrons. The minimum atomic E-state index is -3.60. The number of nitrogens with zero attached hydrogens (tertiary/aromatic N) is 2. The zero-order chi connectivity index (χ0) is 19.2. The number of fused-ring (bicyclic) bond motifs is 2. The number of piperazine rings is 1. The maximum Gasteiger partial charge on any atom is 0.243 e. The first kappa shape index (κ1) is 18.6. The lowest BCUT2D eigenvalue weighted by Crippen LogP contribution is -2.52. The van der Waals surface area contributed by atoms with Crippen molar-refractivity contribution in [3.8, 4) is 0 Å². The van der Waals surface area contributed by atoms with E-state index in [-0.39, 0.29) is 22.5 Å². The molecule has 1 aliphatic heterocycles. The van der Waals surface area contributed by atoms with Crippen LogP contribution in [-0.2, 0) is 14.8 Å². The number of ketones is 1. The van der Waals surface area contributed by atoms with Crippen LogP contribution in [0.4, 0.5) is 0 Å². The Kier molecular flexibility index (Phi) is 4.84. The van der Waals surface area contributed by atoms with Gasteiger partial charge in [-0.05, 0) is 50.2 Å². The standard InChI is InChI=1S/C20H26N2O4S/c1-14(23)16-4-6-18(7-5-16)27(25,26)22-10-8-21(9-11-22)20(24)19-13-15-2-3-17(19)12-15/h4-7,15,17,19H,2-3,8-13H2,1H3. The molecule has 0 N–H and O–H groups in total. The Morgan fingerprint density at radius 1 is 0.963 bits per heavy atom. The van der Waals surface area contributed by atoms with E-state index in [1.807, 2.05) is 4.90 Å². The highest BCUT2D eigenvalue weighted by Crippen LogP contribution is 2.48. The number of rotatable bonds is 4. The van der Waals surface area contributed by atoms with Gasteiger partial charge >= 0.3 is 0 Å². The molecular weight excluding hydrogens is 364 g/mol. The van der Waals surface area contributed by atoms with E-state index in [1.54, 1.807) is 12.1 Å². The number of Topliss-reactive ketones (excluding diaryl/α,β-unsaturated/α-hetero) is 1. The summed E-state index contributed by atoms with van der Waals surface area (Å²) in [7, 11) is -3.60. The Morgan fingerprint density at radius 3 is 2.15 bits per heavy atom. The molecule has 3 atom stereocenters. The monoisotopic (exact) mass is 390 g/mol. The molecule has 2 bridgehead atoms.